The number of hydrogen-bond donors (Lipinski definition) is 1. The van der Waals surface area contributed by atoms with Gasteiger partial charge in [-0.05, 0) is 24.6 Å². The van der Waals surface area contributed by atoms with Gasteiger partial charge in [-0.25, -0.2) is 15.0 Å². The number of rotatable bonds is 5. The number of pyridine rings is 1. The van der Waals surface area contributed by atoms with E-state index in [0.29, 0.717) is 35.4 Å². The lowest BCUT2D eigenvalue weighted by Gasteiger charge is -2.18. The Labute approximate surface area is 161 Å². The summed E-state index contributed by atoms with van der Waals surface area (Å²) in [5.74, 6) is 0.0884. The SMILES string of the molecule is C=CC(=O)N(C)c1ccc(C(=O)N2CC[C@@H](Nc3ncc(Cl)cn3)C2)nc1. The molecule has 3 rings (SSSR count). The number of carbonyl (C=O) groups is 2. The van der Waals surface area contributed by atoms with Crippen molar-refractivity contribution in [2.45, 2.75) is 12.5 Å². The summed E-state index contributed by atoms with van der Waals surface area (Å²) in [4.78, 5) is 39.8. The van der Waals surface area contributed by atoms with Gasteiger partial charge in [-0.2, -0.15) is 0 Å². The quantitative estimate of drug-likeness (QED) is 0.790. The summed E-state index contributed by atoms with van der Waals surface area (Å²) in [5.41, 5.74) is 0.930. The van der Waals surface area contributed by atoms with Crippen molar-refractivity contribution >= 4 is 35.1 Å². The van der Waals surface area contributed by atoms with Crippen LogP contribution in [0, 0.1) is 0 Å². The van der Waals surface area contributed by atoms with Gasteiger partial charge in [0.1, 0.15) is 5.69 Å². The van der Waals surface area contributed by atoms with Crippen LogP contribution in [0.15, 0.2) is 43.4 Å². The van der Waals surface area contributed by atoms with Crippen molar-refractivity contribution in [3.8, 4) is 0 Å². The summed E-state index contributed by atoms with van der Waals surface area (Å²) in [6.45, 7) is 4.60. The van der Waals surface area contributed by atoms with E-state index < -0.39 is 0 Å². The molecule has 1 saturated heterocycles. The van der Waals surface area contributed by atoms with Crippen LogP contribution in [0.2, 0.25) is 5.02 Å². The van der Waals surface area contributed by atoms with E-state index in [1.54, 1.807) is 24.1 Å². The third-order valence-electron chi connectivity index (χ3n) is 4.29. The number of nitrogens with one attached hydrogen (secondary N) is 1. The first-order valence-electron chi connectivity index (χ1n) is 8.37. The largest absolute Gasteiger partial charge is 0.350 e. The van der Waals surface area contributed by atoms with Crippen LogP contribution in [0.4, 0.5) is 11.6 Å². The molecule has 1 N–H and O–H groups in total. The lowest BCUT2D eigenvalue weighted by atomic mass is 10.2. The number of aromatic nitrogens is 3. The third-order valence-corrected chi connectivity index (χ3v) is 4.48. The first-order chi connectivity index (χ1) is 13.0. The van der Waals surface area contributed by atoms with E-state index in [4.69, 9.17) is 11.6 Å². The number of likely N-dealkylation sites (tertiary alicyclic amines) is 1. The Hall–Kier alpha value is -3.00. The van der Waals surface area contributed by atoms with Crippen LogP contribution < -0.4 is 10.2 Å². The Morgan fingerprint density at radius 3 is 2.67 bits per heavy atom. The normalized spacial score (nSPS) is 16.1. The highest BCUT2D eigenvalue weighted by atomic mass is 35.5. The lowest BCUT2D eigenvalue weighted by molar-refractivity contribution is -0.113. The second-order valence-electron chi connectivity index (χ2n) is 6.11. The number of carbonyl (C=O) groups excluding carboxylic acids is 2. The second kappa shape index (κ2) is 8.13. The van der Waals surface area contributed by atoms with E-state index >= 15 is 0 Å². The molecular formula is C18H19ClN6O2. The molecule has 9 heteroatoms. The van der Waals surface area contributed by atoms with Gasteiger partial charge < -0.3 is 15.1 Å². The number of halogens is 1. The monoisotopic (exact) mass is 386 g/mol. The summed E-state index contributed by atoms with van der Waals surface area (Å²) >= 11 is 5.78. The highest BCUT2D eigenvalue weighted by Gasteiger charge is 2.28. The zero-order valence-electron chi connectivity index (χ0n) is 14.8. The number of nitrogens with zero attached hydrogens (tertiary/aromatic N) is 5. The van der Waals surface area contributed by atoms with Gasteiger partial charge in [-0.15, -0.1) is 0 Å². The van der Waals surface area contributed by atoms with E-state index in [0.717, 1.165) is 6.42 Å². The predicted molar refractivity (Wildman–Crippen MR) is 103 cm³/mol. The minimum Gasteiger partial charge on any atom is -0.350 e. The highest BCUT2D eigenvalue weighted by Crippen LogP contribution is 2.18. The summed E-state index contributed by atoms with van der Waals surface area (Å²) < 4.78 is 0. The van der Waals surface area contributed by atoms with Crippen molar-refractivity contribution < 1.29 is 9.59 Å². The first kappa shape index (κ1) is 18.8. The fraction of sp³-hybridized carbons (Fsp3) is 0.278. The van der Waals surface area contributed by atoms with Crippen molar-refractivity contribution in [3.05, 3.63) is 54.1 Å². The zero-order valence-corrected chi connectivity index (χ0v) is 15.6. The predicted octanol–water partition coefficient (Wildman–Crippen LogP) is 2.00. The van der Waals surface area contributed by atoms with Crippen LogP contribution in [0.1, 0.15) is 16.9 Å². The Kier molecular flexibility index (Phi) is 5.66. The Morgan fingerprint density at radius 2 is 2.04 bits per heavy atom. The summed E-state index contributed by atoms with van der Waals surface area (Å²) in [5, 5.41) is 3.67. The standard InChI is InChI=1S/C18H19ClN6O2/c1-3-16(26)24(2)14-4-5-15(20-10-14)17(27)25-7-6-13(11-25)23-18-21-8-12(19)9-22-18/h3-5,8-10,13H,1,6-7,11H2,2H3,(H,21,22,23)/t13-/m1/s1. The van der Waals surface area contributed by atoms with E-state index in [1.807, 2.05) is 0 Å². The molecule has 0 aromatic carbocycles. The van der Waals surface area contributed by atoms with Gasteiger partial charge in [-0.3, -0.25) is 9.59 Å². The maximum absolute atomic E-state index is 12.7. The van der Waals surface area contributed by atoms with Gasteiger partial charge in [0.2, 0.25) is 11.9 Å². The van der Waals surface area contributed by atoms with Gasteiger partial charge in [0.05, 0.1) is 29.3 Å². The van der Waals surface area contributed by atoms with E-state index in [2.05, 4.69) is 26.8 Å². The average molecular weight is 387 g/mol. The van der Waals surface area contributed by atoms with Gasteiger partial charge in [0.25, 0.3) is 5.91 Å². The van der Waals surface area contributed by atoms with Gasteiger partial charge in [-0.1, -0.05) is 18.2 Å². The third kappa shape index (κ3) is 4.40. The molecular weight excluding hydrogens is 368 g/mol. The molecule has 8 nitrogen and oxygen atoms in total. The van der Waals surface area contributed by atoms with Crippen molar-refractivity contribution in [2.24, 2.45) is 0 Å². The highest BCUT2D eigenvalue weighted by molar-refractivity contribution is 6.30. The zero-order chi connectivity index (χ0) is 19.4. The van der Waals surface area contributed by atoms with Crippen molar-refractivity contribution in [1.29, 1.82) is 0 Å². The molecule has 0 saturated carbocycles. The summed E-state index contributed by atoms with van der Waals surface area (Å²) in [7, 11) is 1.62. The number of likely N-dealkylation sites (N-methyl/N-ethyl adjacent to an activating group) is 1. The molecule has 27 heavy (non-hydrogen) atoms. The summed E-state index contributed by atoms with van der Waals surface area (Å²) in [6, 6.07) is 3.37. The smallest absolute Gasteiger partial charge is 0.272 e. The molecule has 140 valence electrons. The molecule has 0 spiro atoms. The van der Waals surface area contributed by atoms with Crippen LogP contribution in [0.25, 0.3) is 0 Å². The fourth-order valence-corrected chi connectivity index (χ4v) is 2.87. The van der Waals surface area contributed by atoms with Gasteiger partial charge in [0.15, 0.2) is 0 Å². The molecule has 2 aromatic heterocycles. The second-order valence-corrected chi connectivity index (χ2v) is 6.55. The maximum atomic E-state index is 12.7. The lowest BCUT2D eigenvalue weighted by Crippen LogP contribution is -2.32. The van der Waals surface area contributed by atoms with Crippen molar-refractivity contribution in [2.75, 3.05) is 30.4 Å². The first-order valence-corrected chi connectivity index (χ1v) is 8.75. The van der Waals surface area contributed by atoms with Crippen molar-refractivity contribution in [3.63, 3.8) is 0 Å². The van der Waals surface area contributed by atoms with Gasteiger partial charge >= 0.3 is 0 Å². The topological polar surface area (TPSA) is 91.3 Å². The van der Waals surface area contributed by atoms with Crippen molar-refractivity contribution in [1.82, 2.24) is 19.9 Å². The van der Waals surface area contributed by atoms with Crippen LogP contribution in [0.3, 0.4) is 0 Å². The Balaban J connectivity index is 1.60. The molecule has 0 bridgehead atoms. The molecule has 1 aliphatic rings. The molecule has 1 atom stereocenters. The Bertz CT molecular complexity index is 840. The van der Waals surface area contributed by atoms with Crippen LogP contribution in [-0.2, 0) is 4.79 Å². The molecule has 0 aliphatic carbocycles. The maximum Gasteiger partial charge on any atom is 0.272 e. The molecule has 2 aromatic rings. The fourth-order valence-electron chi connectivity index (χ4n) is 2.77. The summed E-state index contributed by atoms with van der Waals surface area (Å²) in [6.07, 6.45) is 6.55. The molecule has 1 fully saturated rings. The number of hydrogen-bond acceptors (Lipinski definition) is 6. The van der Waals surface area contributed by atoms with Crippen LogP contribution in [-0.4, -0.2) is 57.8 Å². The molecule has 0 unspecified atom stereocenters. The van der Waals surface area contributed by atoms with Crippen LogP contribution in [0.5, 0.6) is 0 Å². The molecule has 2 amide bonds. The average Bonchev–Trinajstić information content (AvgIpc) is 3.16. The van der Waals surface area contributed by atoms with Gasteiger partial charge in [0, 0.05) is 26.2 Å². The Morgan fingerprint density at radius 1 is 1.30 bits per heavy atom. The van der Waals surface area contributed by atoms with E-state index in [9.17, 15) is 9.59 Å². The van der Waals surface area contributed by atoms with Crippen LogP contribution >= 0.6 is 11.6 Å². The minimum absolute atomic E-state index is 0.0609. The van der Waals surface area contributed by atoms with E-state index in [1.165, 1.54) is 29.6 Å². The number of amides is 2. The molecule has 1 aliphatic heterocycles. The molecule has 0 radical (unpaired) electrons. The van der Waals surface area contributed by atoms with E-state index in [-0.39, 0.29) is 17.9 Å². The minimum atomic E-state index is -0.242. The number of anilines is 2. The molecule has 3 heterocycles.